The monoisotopic (exact) mass is 384 g/mol. The van der Waals surface area contributed by atoms with Crippen molar-refractivity contribution >= 4 is 0 Å². The Morgan fingerprint density at radius 3 is 2.43 bits per heavy atom. The molecule has 154 valence electrons. The number of tetrazole rings is 1. The maximum Gasteiger partial charge on any atom is 0.173 e. The molecule has 1 aliphatic rings. The van der Waals surface area contributed by atoms with Crippen molar-refractivity contribution in [3.05, 3.63) is 41.7 Å². The van der Waals surface area contributed by atoms with E-state index in [-0.39, 0.29) is 29.1 Å². The number of nitrogens with two attached hydrogens (primary N) is 1. The van der Waals surface area contributed by atoms with Gasteiger partial charge in [0, 0.05) is 12.1 Å². The summed E-state index contributed by atoms with van der Waals surface area (Å²) < 4.78 is 2.01. The molecule has 6 nitrogen and oxygen atoms in total. The van der Waals surface area contributed by atoms with Crippen LogP contribution in [0.15, 0.2) is 30.3 Å². The lowest BCUT2D eigenvalue weighted by atomic mass is 9.81. The minimum absolute atomic E-state index is 0.0791. The summed E-state index contributed by atoms with van der Waals surface area (Å²) in [6.45, 7) is 11.2. The van der Waals surface area contributed by atoms with Gasteiger partial charge in [-0.05, 0) is 54.5 Å². The highest BCUT2D eigenvalue weighted by molar-refractivity contribution is 5.25. The molecule has 28 heavy (non-hydrogen) atoms. The van der Waals surface area contributed by atoms with Crippen LogP contribution in [0.5, 0.6) is 0 Å². The van der Waals surface area contributed by atoms with Gasteiger partial charge in [-0.2, -0.15) is 0 Å². The highest BCUT2D eigenvalue weighted by Gasteiger charge is 2.35. The van der Waals surface area contributed by atoms with Gasteiger partial charge in [-0.15, -0.1) is 5.10 Å². The molecular formula is C22H36N6. The average Bonchev–Trinajstić information content (AvgIpc) is 3.10. The Hall–Kier alpha value is -1.79. The van der Waals surface area contributed by atoms with Crippen LogP contribution in [-0.4, -0.2) is 32.3 Å². The zero-order valence-electron chi connectivity index (χ0n) is 18.0. The van der Waals surface area contributed by atoms with E-state index in [0.717, 1.165) is 25.1 Å². The Morgan fingerprint density at radius 1 is 1.11 bits per heavy atom. The van der Waals surface area contributed by atoms with Gasteiger partial charge in [0.05, 0.1) is 11.6 Å². The molecule has 6 heteroatoms. The smallest absolute Gasteiger partial charge is 0.173 e. The molecule has 1 aliphatic carbocycles. The zero-order chi connectivity index (χ0) is 20.4. The van der Waals surface area contributed by atoms with Gasteiger partial charge in [0.25, 0.3) is 0 Å². The standard InChI is InChI=1S/C22H36N6/c1-21(2,3)15-22(4,5)28-20(25-26-27-28)19(16-11-7-6-8-12-16)24-18-14-10-9-13-17(18)23/h6-8,11-12,17-19,24H,9-10,13-15,23H2,1-5H3. The molecular weight excluding hydrogens is 348 g/mol. The molecule has 1 fully saturated rings. The maximum atomic E-state index is 6.44. The molecule has 0 radical (unpaired) electrons. The molecule has 0 amide bonds. The Balaban J connectivity index is 1.97. The summed E-state index contributed by atoms with van der Waals surface area (Å²) in [6, 6.07) is 10.8. The molecule has 1 aromatic heterocycles. The van der Waals surface area contributed by atoms with Crippen LogP contribution in [0.2, 0.25) is 0 Å². The number of benzene rings is 1. The topological polar surface area (TPSA) is 81.7 Å². The van der Waals surface area contributed by atoms with Crippen LogP contribution in [0.1, 0.15) is 84.2 Å². The first kappa shape index (κ1) is 20.9. The van der Waals surface area contributed by atoms with E-state index in [4.69, 9.17) is 5.73 Å². The minimum atomic E-state index is -0.194. The van der Waals surface area contributed by atoms with Crippen LogP contribution >= 0.6 is 0 Å². The van der Waals surface area contributed by atoms with Crippen molar-refractivity contribution in [3.63, 3.8) is 0 Å². The highest BCUT2D eigenvalue weighted by atomic mass is 15.6. The zero-order valence-corrected chi connectivity index (χ0v) is 18.0. The van der Waals surface area contributed by atoms with Crippen molar-refractivity contribution in [3.8, 4) is 0 Å². The first-order valence-electron chi connectivity index (χ1n) is 10.5. The van der Waals surface area contributed by atoms with E-state index in [1.54, 1.807) is 0 Å². The summed E-state index contributed by atoms with van der Waals surface area (Å²) in [6.07, 6.45) is 5.57. The molecule has 1 heterocycles. The van der Waals surface area contributed by atoms with Crippen molar-refractivity contribution in [2.75, 3.05) is 0 Å². The number of nitrogens with zero attached hydrogens (tertiary/aromatic N) is 4. The Kier molecular flexibility index (Phi) is 6.20. The molecule has 0 bridgehead atoms. The number of nitrogens with one attached hydrogen (secondary N) is 1. The van der Waals surface area contributed by atoms with Crippen LogP contribution in [0, 0.1) is 5.41 Å². The molecule has 2 aromatic rings. The van der Waals surface area contributed by atoms with Crippen molar-refractivity contribution < 1.29 is 0 Å². The van der Waals surface area contributed by atoms with E-state index < -0.39 is 0 Å². The lowest BCUT2D eigenvalue weighted by Crippen LogP contribution is -2.49. The van der Waals surface area contributed by atoms with E-state index in [1.807, 2.05) is 10.7 Å². The van der Waals surface area contributed by atoms with E-state index in [0.29, 0.717) is 0 Å². The predicted molar refractivity (Wildman–Crippen MR) is 113 cm³/mol. The third-order valence-electron chi connectivity index (χ3n) is 5.62. The maximum absolute atomic E-state index is 6.44. The van der Waals surface area contributed by atoms with Gasteiger partial charge < -0.3 is 5.73 Å². The lowest BCUT2D eigenvalue weighted by molar-refractivity contribution is 0.186. The third kappa shape index (κ3) is 4.97. The van der Waals surface area contributed by atoms with Crippen LogP contribution < -0.4 is 11.1 Å². The second kappa shape index (κ2) is 8.29. The Bertz CT molecular complexity index is 746. The number of rotatable bonds is 6. The second-order valence-corrected chi connectivity index (χ2v) is 10.1. The first-order valence-corrected chi connectivity index (χ1v) is 10.5. The Morgan fingerprint density at radius 2 is 1.79 bits per heavy atom. The van der Waals surface area contributed by atoms with Crippen LogP contribution in [-0.2, 0) is 5.54 Å². The molecule has 0 saturated heterocycles. The fraction of sp³-hybridized carbons (Fsp3) is 0.682. The molecule has 3 atom stereocenters. The van der Waals surface area contributed by atoms with Crippen molar-refractivity contribution in [2.45, 2.75) is 90.4 Å². The van der Waals surface area contributed by atoms with Crippen LogP contribution in [0.4, 0.5) is 0 Å². The Labute approximate surface area is 169 Å². The third-order valence-corrected chi connectivity index (χ3v) is 5.62. The lowest BCUT2D eigenvalue weighted by Gasteiger charge is -2.36. The normalized spacial score (nSPS) is 22.2. The van der Waals surface area contributed by atoms with Crippen LogP contribution in [0.3, 0.4) is 0 Å². The molecule has 3 rings (SSSR count). The van der Waals surface area contributed by atoms with Gasteiger partial charge in [-0.3, -0.25) is 5.32 Å². The fourth-order valence-corrected chi connectivity index (χ4v) is 4.72. The molecule has 3 N–H and O–H groups in total. The summed E-state index contributed by atoms with van der Waals surface area (Å²) in [7, 11) is 0. The second-order valence-electron chi connectivity index (χ2n) is 10.1. The number of aromatic nitrogens is 4. The van der Waals surface area contributed by atoms with Gasteiger partial charge in [0.15, 0.2) is 5.82 Å². The van der Waals surface area contributed by atoms with Gasteiger partial charge in [-0.25, -0.2) is 4.68 Å². The summed E-state index contributed by atoms with van der Waals surface area (Å²) >= 11 is 0. The summed E-state index contributed by atoms with van der Waals surface area (Å²) in [5.74, 6) is 0.859. The van der Waals surface area contributed by atoms with Crippen molar-refractivity contribution in [2.24, 2.45) is 11.1 Å². The molecule has 1 aromatic carbocycles. The van der Waals surface area contributed by atoms with Gasteiger partial charge in [-0.1, -0.05) is 63.9 Å². The average molecular weight is 385 g/mol. The van der Waals surface area contributed by atoms with Gasteiger partial charge in [0.1, 0.15) is 0 Å². The molecule has 1 saturated carbocycles. The SMILES string of the molecule is CC(C)(C)CC(C)(C)n1nnnc1C(NC1CCCCC1N)c1ccccc1. The van der Waals surface area contributed by atoms with E-state index >= 15 is 0 Å². The quantitative estimate of drug-likeness (QED) is 0.792. The summed E-state index contributed by atoms with van der Waals surface area (Å²) in [5.41, 5.74) is 7.59. The van der Waals surface area contributed by atoms with E-state index in [2.05, 4.69) is 79.7 Å². The predicted octanol–water partition coefficient (Wildman–Crippen LogP) is 3.79. The van der Waals surface area contributed by atoms with Crippen molar-refractivity contribution in [1.29, 1.82) is 0 Å². The summed E-state index contributed by atoms with van der Waals surface area (Å²) in [5, 5.41) is 16.8. The van der Waals surface area contributed by atoms with Crippen LogP contribution in [0.25, 0.3) is 0 Å². The fourth-order valence-electron chi connectivity index (χ4n) is 4.72. The van der Waals surface area contributed by atoms with E-state index in [9.17, 15) is 0 Å². The first-order chi connectivity index (χ1) is 13.2. The van der Waals surface area contributed by atoms with Gasteiger partial charge in [0.2, 0.25) is 0 Å². The molecule has 0 spiro atoms. The highest BCUT2D eigenvalue weighted by Crippen LogP contribution is 2.34. The largest absolute Gasteiger partial charge is 0.326 e. The number of hydrogen-bond acceptors (Lipinski definition) is 5. The molecule has 3 unspecified atom stereocenters. The van der Waals surface area contributed by atoms with Gasteiger partial charge >= 0.3 is 0 Å². The van der Waals surface area contributed by atoms with Crippen molar-refractivity contribution in [1.82, 2.24) is 25.5 Å². The summed E-state index contributed by atoms with van der Waals surface area (Å²) in [4.78, 5) is 0. The molecule has 0 aliphatic heterocycles. The number of hydrogen-bond donors (Lipinski definition) is 2. The minimum Gasteiger partial charge on any atom is -0.326 e. The van der Waals surface area contributed by atoms with E-state index in [1.165, 1.54) is 18.4 Å².